The lowest BCUT2D eigenvalue weighted by Crippen LogP contribution is -2.30. The van der Waals surface area contributed by atoms with Crippen molar-refractivity contribution in [3.05, 3.63) is 34.9 Å². The van der Waals surface area contributed by atoms with E-state index in [0.29, 0.717) is 5.56 Å². The van der Waals surface area contributed by atoms with E-state index in [1.54, 1.807) is 26.0 Å². The minimum Gasteiger partial charge on any atom is -0.463 e. The zero-order valence-electron chi connectivity index (χ0n) is 10.1. The van der Waals surface area contributed by atoms with Gasteiger partial charge >= 0.3 is 5.97 Å². The maximum absolute atomic E-state index is 14.3. The van der Waals surface area contributed by atoms with Gasteiger partial charge in [0.25, 0.3) is 0 Å². The molecule has 0 bridgehead atoms. The molecule has 0 aliphatic heterocycles. The number of esters is 1. The molecule has 1 rings (SSSR count). The van der Waals surface area contributed by atoms with Crippen LogP contribution in [-0.2, 0) is 15.2 Å². The van der Waals surface area contributed by atoms with Crippen molar-refractivity contribution >= 4 is 5.97 Å². The second-order valence-corrected chi connectivity index (χ2v) is 4.04. The summed E-state index contributed by atoms with van der Waals surface area (Å²) in [5.74, 6) is -0.832. The van der Waals surface area contributed by atoms with E-state index < -0.39 is 11.6 Å². The van der Waals surface area contributed by atoms with Gasteiger partial charge in [-0.25, -0.2) is 9.18 Å². The van der Waals surface area contributed by atoms with Crippen molar-refractivity contribution in [3.63, 3.8) is 0 Å². The summed E-state index contributed by atoms with van der Waals surface area (Å²) >= 11 is 0. The van der Waals surface area contributed by atoms with Crippen molar-refractivity contribution in [3.8, 4) is 0 Å². The van der Waals surface area contributed by atoms with Crippen LogP contribution in [0, 0.1) is 13.8 Å². The second-order valence-electron chi connectivity index (χ2n) is 4.04. The fraction of sp³-hybridized carbons (Fsp3) is 0.462. The number of carbonyl (C=O) groups excluding carboxylic acids is 1. The summed E-state index contributed by atoms with van der Waals surface area (Å²) in [6.07, 6.45) is 0. The predicted molar refractivity (Wildman–Crippen MR) is 61.0 cm³/mol. The standard InChI is InChI=1S/C13H17FO2/c1-5-16-12(15)13(4,14)11-7-6-9(2)8-10(11)3/h6-8H,5H2,1-4H3. The predicted octanol–water partition coefficient (Wildman–Crippen LogP) is 3.05. The highest BCUT2D eigenvalue weighted by molar-refractivity contribution is 5.81. The van der Waals surface area contributed by atoms with Crippen LogP contribution in [-0.4, -0.2) is 12.6 Å². The molecule has 88 valence electrons. The Morgan fingerprint density at radius 2 is 2.06 bits per heavy atom. The Bertz CT molecular complexity index is 397. The third-order valence-electron chi connectivity index (χ3n) is 2.55. The molecule has 0 N–H and O–H groups in total. The summed E-state index contributed by atoms with van der Waals surface area (Å²) in [4.78, 5) is 11.5. The molecule has 1 atom stereocenters. The largest absolute Gasteiger partial charge is 0.463 e. The average molecular weight is 224 g/mol. The summed E-state index contributed by atoms with van der Waals surface area (Å²) in [5, 5.41) is 0. The van der Waals surface area contributed by atoms with Gasteiger partial charge in [-0.15, -0.1) is 0 Å². The molecule has 3 heteroatoms. The van der Waals surface area contributed by atoms with E-state index in [4.69, 9.17) is 4.74 Å². The average Bonchev–Trinajstić information content (AvgIpc) is 2.17. The van der Waals surface area contributed by atoms with Crippen molar-refractivity contribution in [2.45, 2.75) is 33.4 Å². The first-order chi connectivity index (χ1) is 7.39. The number of ether oxygens (including phenoxy) is 1. The lowest BCUT2D eigenvalue weighted by Gasteiger charge is -2.21. The van der Waals surface area contributed by atoms with Crippen LogP contribution in [0.4, 0.5) is 4.39 Å². The molecule has 1 unspecified atom stereocenters. The van der Waals surface area contributed by atoms with E-state index in [9.17, 15) is 9.18 Å². The molecular weight excluding hydrogens is 207 g/mol. The first-order valence-electron chi connectivity index (χ1n) is 5.33. The summed E-state index contributed by atoms with van der Waals surface area (Å²) in [7, 11) is 0. The Balaban J connectivity index is 3.11. The van der Waals surface area contributed by atoms with Crippen molar-refractivity contribution in [1.29, 1.82) is 0 Å². The maximum atomic E-state index is 14.3. The topological polar surface area (TPSA) is 26.3 Å². The van der Waals surface area contributed by atoms with E-state index in [1.807, 2.05) is 13.0 Å². The highest BCUT2D eigenvalue weighted by atomic mass is 19.1. The van der Waals surface area contributed by atoms with Crippen LogP contribution in [0.5, 0.6) is 0 Å². The van der Waals surface area contributed by atoms with Gasteiger partial charge in [0.15, 0.2) is 0 Å². The Morgan fingerprint density at radius 3 is 2.56 bits per heavy atom. The lowest BCUT2D eigenvalue weighted by molar-refractivity contribution is -0.156. The molecule has 0 aliphatic rings. The molecule has 0 amide bonds. The molecule has 16 heavy (non-hydrogen) atoms. The molecule has 1 aromatic rings. The second kappa shape index (κ2) is 4.64. The van der Waals surface area contributed by atoms with Crippen molar-refractivity contribution in [2.75, 3.05) is 6.61 Å². The maximum Gasteiger partial charge on any atom is 0.348 e. The Kier molecular flexibility index (Phi) is 3.68. The fourth-order valence-corrected chi connectivity index (χ4v) is 1.72. The molecule has 0 spiro atoms. The van der Waals surface area contributed by atoms with E-state index in [1.165, 1.54) is 6.92 Å². The van der Waals surface area contributed by atoms with Gasteiger partial charge in [-0.2, -0.15) is 0 Å². The Hall–Kier alpha value is -1.38. The van der Waals surface area contributed by atoms with Crippen LogP contribution in [0.1, 0.15) is 30.5 Å². The molecule has 0 fully saturated rings. The van der Waals surface area contributed by atoms with Gasteiger partial charge in [0.2, 0.25) is 5.67 Å². The monoisotopic (exact) mass is 224 g/mol. The molecule has 0 aliphatic carbocycles. The first kappa shape index (κ1) is 12.7. The van der Waals surface area contributed by atoms with E-state index in [0.717, 1.165) is 11.1 Å². The van der Waals surface area contributed by atoms with E-state index in [2.05, 4.69) is 0 Å². The third kappa shape index (κ3) is 2.40. The number of halogens is 1. The van der Waals surface area contributed by atoms with E-state index in [-0.39, 0.29) is 6.61 Å². The molecule has 0 heterocycles. The van der Waals surface area contributed by atoms with Crippen LogP contribution in [0.25, 0.3) is 0 Å². The zero-order chi connectivity index (χ0) is 12.3. The van der Waals surface area contributed by atoms with Gasteiger partial charge < -0.3 is 4.74 Å². The number of hydrogen-bond donors (Lipinski definition) is 0. The zero-order valence-corrected chi connectivity index (χ0v) is 10.1. The van der Waals surface area contributed by atoms with Gasteiger partial charge in [0.05, 0.1) is 6.61 Å². The molecule has 1 aromatic carbocycles. The van der Waals surface area contributed by atoms with Crippen LogP contribution in [0.2, 0.25) is 0 Å². The molecule has 0 saturated heterocycles. The van der Waals surface area contributed by atoms with Crippen molar-refractivity contribution in [1.82, 2.24) is 0 Å². The summed E-state index contributed by atoms with van der Waals surface area (Å²) in [5.41, 5.74) is 0.101. The van der Waals surface area contributed by atoms with Gasteiger partial charge in [0.1, 0.15) is 0 Å². The first-order valence-corrected chi connectivity index (χ1v) is 5.33. The SMILES string of the molecule is CCOC(=O)C(C)(F)c1ccc(C)cc1C. The lowest BCUT2D eigenvalue weighted by atomic mass is 9.92. The Labute approximate surface area is 95.4 Å². The highest BCUT2D eigenvalue weighted by Crippen LogP contribution is 2.30. The van der Waals surface area contributed by atoms with Crippen molar-refractivity contribution in [2.24, 2.45) is 0 Å². The Morgan fingerprint density at radius 1 is 1.44 bits per heavy atom. The minimum absolute atomic E-state index is 0.184. The molecule has 0 aromatic heterocycles. The molecule has 0 radical (unpaired) electrons. The van der Waals surface area contributed by atoms with Crippen molar-refractivity contribution < 1.29 is 13.9 Å². The fourth-order valence-electron chi connectivity index (χ4n) is 1.72. The summed E-state index contributed by atoms with van der Waals surface area (Å²) < 4.78 is 19.1. The normalized spacial score (nSPS) is 14.3. The number of benzene rings is 1. The number of carbonyl (C=O) groups is 1. The smallest absolute Gasteiger partial charge is 0.348 e. The van der Waals surface area contributed by atoms with Gasteiger partial charge in [0, 0.05) is 5.56 Å². The van der Waals surface area contributed by atoms with Gasteiger partial charge in [-0.1, -0.05) is 23.8 Å². The number of aryl methyl sites for hydroxylation is 2. The number of alkyl halides is 1. The minimum atomic E-state index is -2.08. The highest BCUT2D eigenvalue weighted by Gasteiger charge is 2.37. The molecular formula is C13H17FO2. The van der Waals surface area contributed by atoms with Gasteiger partial charge in [-0.05, 0) is 33.3 Å². The number of rotatable bonds is 3. The van der Waals surface area contributed by atoms with Crippen LogP contribution in [0.3, 0.4) is 0 Å². The van der Waals surface area contributed by atoms with Crippen LogP contribution >= 0.6 is 0 Å². The quantitative estimate of drug-likeness (QED) is 0.737. The summed E-state index contributed by atoms with van der Waals surface area (Å²) in [6, 6.07) is 5.29. The molecule has 2 nitrogen and oxygen atoms in total. The summed E-state index contributed by atoms with van der Waals surface area (Å²) in [6.45, 7) is 6.80. The van der Waals surface area contributed by atoms with Crippen LogP contribution in [0.15, 0.2) is 18.2 Å². The molecule has 0 saturated carbocycles. The van der Waals surface area contributed by atoms with E-state index >= 15 is 0 Å². The number of hydrogen-bond acceptors (Lipinski definition) is 2. The van der Waals surface area contributed by atoms with Gasteiger partial charge in [-0.3, -0.25) is 0 Å². The van der Waals surface area contributed by atoms with Crippen LogP contribution < -0.4 is 0 Å². The third-order valence-corrected chi connectivity index (χ3v) is 2.55.